The highest BCUT2D eigenvalue weighted by molar-refractivity contribution is 6.09. The molecule has 2 aromatic carbocycles. The topological polar surface area (TPSA) is 197 Å². The fourth-order valence-corrected chi connectivity index (χ4v) is 10.7. The zero-order valence-corrected chi connectivity index (χ0v) is 31.8. The second-order valence-corrected chi connectivity index (χ2v) is 16.7. The molecule has 5 N–H and O–H groups in total. The van der Waals surface area contributed by atoms with Crippen molar-refractivity contribution in [1.29, 1.82) is 0 Å². The van der Waals surface area contributed by atoms with Crippen LogP contribution in [0.4, 0.5) is 11.4 Å². The molecule has 4 bridgehead atoms. The van der Waals surface area contributed by atoms with E-state index >= 15 is 0 Å². The first-order valence-corrected chi connectivity index (χ1v) is 20.1. The number of ether oxygens (including phenoxy) is 1. The number of hydrogen-bond donors (Lipinski definition) is 4. The summed E-state index contributed by atoms with van der Waals surface area (Å²) in [6.45, 7) is 3.80. The van der Waals surface area contributed by atoms with Gasteiger partial charge in [0, 0.05) is 12.2 Å². The summed E-state index contributed by atoms with van der Waals surface area (Å²) in [5.74, 6) is -0.258. The van der Waals surface area contributed by atoms with Gasteiger partial charge in [-0.05, 0) is 117 Å². The lowest BCUT2D eigenvalue weighted by Gasteiger charge is -2.26. The summed E-state index contributed by atoms with van der Waals surface area (Å²) in [4.78, 5) is 89.8. The Balaban J connectivity index is 0.000000161. The van der Waals surface area contributed by atoms with Crippen molar-refractivity contribution in [3.63, 3.8) is 0 Å². The molecule has 56 heavy (non-hydrogen) atoms. The minimum absolute atomic E-state index is 0.129. The van der Waals surface area contributed by atoms with Crippen LogP contribution < -0.4 is 26.4 Å². The van der Waals surface area contributed by atoms with E-state index in [2.05, 4.69) is 16.0 Å². The summed E-state index contributed by atoms with van der Waals surface area (Å²) in [6.07, 6.45) is 6.82. The predicted molar refractivity (Wildman–Crippen MR) is 203 cm³/mol. The molecule has 296 valence electrons. The summed E-state index contributed by atoms with van der Waals surface area (Å²) in [7, 11) is 0. The molecule has 0 radical (unpaired) electrons. The maximum absolute atomic E-state index is 12.8. The molecular formula is C42H50N6O8. The van der Waals surface area contributed by atoms with Gasteiger partial charge in [0.1, 0.15) is 18.8 Å². The lowest BCUT2D eigenvalue weighted by atomic mass is 9.81. The number of benzene rings is 2. The Kier molecular flexibility index (Phi) is 10.1. The van der Waals surface area contributed by atoms with Crippen molar-refractivity contribution in [3.8, 4) is 5.75 Å². The molecule has 6 fully saturated rings. The van der Waals surface area contributed by atoms with Gasteiger partial charge in [-0.15, -0.1) is 0 Å². The maximum atomic E-state index is 12.8. The number of nitrogens with one attached hydrogen (secondary N) is 3. The lowest BCUT2D eigenvalue weighted by molar-refractivity contribution is -0.145. The van der Waals surface area contributed by atoms with Gasteiger partial charge in [0.05, 0.1) is 35.4 Å². The summed E-state index contributed by atoms with van der Waals surface area (Å²) in [5.41, 5.74) is 8.84. The van der Waals surface area contributed by atoms with Crippen LogP contribution in [0.2, 0.25) is 0 Å². The molecule has 14 heteroatoms. The van der Waals surface area contributed by atoms with Gasteiger partial charge in [-0.2, -0.15) is 0 Å². The summed E-state index contributed by atoms with van der Waals surface area (Å²) in [5, 5.41) is 8.51. The predicted octanol–water partition coefficient (Wildman–Crippen LogP) is 2.96. The highest BCUT2D eigenvalue weighted by atomic mass is 16.5. The number of fused-ring (bicyclic) bond motifs is 11. The van der Waals surface area contributed by atoms with Crippen molar-refractivity contribution in [2.75, 3.05) is 30.7 Å². The molecule has 14 nitrogen and oxygen atoms in total. The number of carbonyl (C=O) groups is 7. The van der Waals surface area contributed by atoms with Crippen LogP contribution in [0.25, 0.3) is 0 Å². The fourth-order valence-electron chi connectivity index (χ4n) is 10.7. The van der Waals surface area contributed by atoms with Crippen LogP contribution >= 0.6 is 0 Å². The third-order valence-electron chi connectivity index (χ3n) is 13.4. The van der Waals surface area contributed by atoms with E-state index in [-0.39, 0.29) is 84.2 Å². The quantitative estimate of drug-likeness (QED) is 0.208. The number of likely N-dealkylation sites (tertiary alicyclic amines) is 2. The number of rotatable bonds is 10. The zero-order chi connectivity index (χ0) is 39.4. The van der Waals surface area contributed by atoms with Crippen molar-refractivity contribution >= 4 is 52.7 Å². The van der Waals surface area contributed by atoms with Crippen LogP contribution in [0.3, 0.4) is 0 Å². The van der Waals surface area contributed by atoms with Gasteiger partial charge in [-0.1, -0.05) is 25.1 Å². The molecule has 3 aliphatic heterocycles. The van der Waals surface area contributed by atoms with E-state index in [1.165, 1.54) is 9.80 Å². The summed E-state index contributed by atoms with van der Waals surface area (Å²) >= 11 is 0. The van der Waals surface area contributed by atoms with E-state index < -0.39 is 6.10 Å². The summed E-state index contributed by atoms with van der Waals surface area (Å²) in [6, 6.07) is 12.5. The molecule has 7 amide bonds. The van der Waals surface area contributed by atoms with E-state index in [0.717, 1.165) is 49.7 Å². The normalized spacial score (nSPS) is 31.0. The summed E-state index contributed by atoms with van der Waals surface area (Å²) < 4.78 is 5.77. The Morgan fingerprint density at radius 2 is 1.30 bits per heavy atom. The number of nitrogens with two attached hydrogens (primary N) is 1. The molecule has 4 saturated carbocycles. The van der Waals surface area contributed by atoms with Crippen LogP contribution in [-0.4, -0.2) is 76.9 Å². The monoisotopic (exact) mass is 766 g/mol. The Hall–Kier alpha value is -5.27. The van der Waals surface area contributed by atoms with E-state index in [0.29, 0.717) is 60.2 Å². The average molecular weight is 767 g/mol. The van der Waals surface area contributed by atoms with Crippen LogP contribution in [0.1, 0.15) is 76.0 Å². The number of carbonyl (C=O) groups excluding carboxylic acids is 7. The third kappa shape index (κ3) is 6.80. The van der Waals surface area contributed by atoms with Gasteiger partial charge < -0.3 is 26.4 Å². The minimum Gasteiger partial charge on any atom is -0.478 e. The second kappa shape index (κ2) is 15.0. The first-order valence-electron chi connectivity index (χ1n) is 20.1. The van der Waals surface area contributed by atoms with Crippen molar-refractivity contribution in [2.45, 2.75) is 77.4 Å². The van der Waals surface area contributed by atoms with Gasteiger partial charge in [-0.25, -0.2) is 0 Å². The molecule has 0 aromatic heterocycles. The van der Waals surface area contributed by atoms with Crippen molar-refractivity contribution in [2.24, 2.45) is 47.3 Å². The lowest BCUT2D eigenvalue weighted by Crippen LogP contribution is -2.42. The molecule has 10 atom stereocenters. The van der Waals surface area contributed by atoms with Crippen molar-refractivity contribution in [3.05, 3.63) is 53.6 Å². The molecule has 2 saturated heterocycles. The standard InChI is InChI=1S/C23H27N3O5.C19H23N3O3/c1-3-16-21(28)25-15-7-6-12(9-17(15)31-16)11(2)24-18(27)10-26-22(29)19-13-4-5-14(8-13)20(19)23(26)30;20-14-5-1-11(2-6-14)7-8-21-15(23)10-22-18(24)16-12-3-4-13(9-12)17(16)19(22)25/h6-7,9,11,13-14,16,19-20H,3-5,8,10H2,1-2H3,(H,24,27)(H,25,28);1-2,5-6,12-13,16-17H,3-4,7-10,20H2,(H,21,23)/t;12-,13+,16-,17+. The smallest absolute Gasteiger partial charge is 0.265 e. The van der Waals surface area contributed by atoms with Gasteiger partial charge in [0.15, 0.2) is 6.10 Å². The number of nitrogen functional groups attached to an aromatic ring is 1. The van der Waals surface area contributed by atoms with E-state index in [9.17, 15) is 33.6 Å². The maximum Gasteiger partial charge on any atom is 0.265 e. The van der Waals surface area contributed by atoms with Crippen LogP contribution in [0, 0.1) is 47.3 Å². The molecule has 7 aliphatic rings. The molecule has 4 aliphatic carbocycles. The molecule has 2 aromatic rings. The van der Waals surface area contributed by atoms with Crippen LogP contribution in [0.15, 0.2) is 42.5 Å². The van der Waals surface area contributed by atoms with Gasteiger partial charge >= 0.3 is 0 Å². The van der Waals surface area contributed by atoms with Crippen LogP contribution in [0.5, 0.6) is 5.75 Å². The number of imide groups is 2. The minimum atomic E-state index is -0.533. The van der Waals surface area contributed by atoms with E-state index in [4.69, 9.17) is 10.5 Å². The first kappa shape index (κ1) is 37.6. The Morgan fingerprint density at radius 1 is 0.786 bits per heavy atom. The molecule has 3 heterocycles. The SMILES string of the molecule is CCC1Oc2cc(C(C)NC(=O)CN3C(=O)C4C5CCC(C5)C4C3=O)ccc2NC1=O.Nc1ccc(CCNC(=O)CN2C(=O)[C@@H]3[C@@H]4CC[C@@H](C4)[C@@H]3C2=O)cc1. The largest absolute Gasteiger partial charge is 0.478 e. The number of hydrogen-bond acceptors (Lipinski definition) is 9. The first-order chi connectivity index (χ1) is 26.9. The third-order valence-corrected chi connectivity index (χ3v) is 13.4. The average Bonchev–Trinajstić information content (AvgIpc) is 4.05. The van der Waals surface area contributed by atoms with E-state index in [1.54, 1.807) is 12.1 Å². The Morgan fingerprint density at radius 3 is 1.82 bits per heavy atom. The molecular weight excluding hydrogens is 716 g/mol. The highest BCUT2D eigenvalue weighted by Gasteiger charge is 2.62. The van der Waals surface area contributed by atoms with Crippen molar-refractivity contribution < 1.29 is 38.3 Å². The molecule has 6 unspecified atom stereocenters. The molecule has 0 spiro atoms. The van der Waals surface area contributed by atoms with Gasteiger partial charge in [0.2, 0.25) is 35.4 Å². The molecule has 9 rings (SSSR count). The fraction of sp³-hybridized carbons (Fsp3) is 0.548. The number of nitrogens with zero attached hydrogens (tertiary/aromatic N) is 2. The highest BCUT2D eigenvalue weighted by Crippen LogP contribution is 2.57. The number of anilines is 2. The second-order valence-electron chi connectivity index (χ2n) is 16.7. The van der Waals surface area contributed by atoms with Gasteiger partial charge in [-0.3, -0.25) is 43.4 Å². The number of amides is 7. The van der Waals surface area contributed by atoms with E-state index in [1.807, 2.05) is 44.2 Å². The van der Waals surface area contributed by atoms with Crippen LogP contribution in [-0.2, 0) is 40.0 Å². The Labute approximate surface area is 325 Å². The van der Waals surface area contributed by atoms with Gasteiger partial charge in [0.25, 0.3) is 5.91 Å². The van der Waals surface area contributed by atoms with Crippen molar-refractivity contribution in [1.82, 2.24) is 20.4 Å². The zero-order valence-electron chi connectivity index (χ0n) is 31.8. The Bertz CT molecular complexity index is 1910.